The summed E-state index contributed by atoms with van der Waals surface area (Å²) in [5.74, 6) is 0.255. The third kappa shape index (κ3) is 1.69. The highest BCUT2D eigenvalue weighted by molar-refractivity contribution is 6.43. The average molecular weight is 216 g/mol. The second-order valence-corrected chi connectivity index (χ2v) is 3.84. The first kappa shape index (κ1) is 8.97. The van der Waals surface area contributed by atoms with E-state index in [2.05, 4.69) is 4.98 Å². The second kappa shape index (κ2) is 3.28. The Morgan fingerprint density at radius 3 is 2.77 bits per heavy atom. The lowest BCUT2D eigenvalue weighted by Crippen LogP contribution is -2.02. The zero-order valence-electron chi connectivity index (χ0n) is 6.76. The van der Waals surface area contributed by atoms with Gasteiger partial charge in [-0.2, -0.15) is 0 Å². The van der Waals surface area contributed by atoms with Crippen LogP contribution in [0.15, 0.2) is 12.3 Å². The predicted octanol–water partition coefficient (Wildman–Crippen LogP) is 2.98. The van der Waals surface area contributed by atoms with Gasteiger partial charge in [-0.1, -0.05) is 23.2 Å². The van der Waals surface area contributed by atoms with Crippen LogP contribution in [0.5, 0.6) is 0 Å². The minimum Gasteiger partial charge on any atom is -0.294 e. The smallest absolute Gasteiger partial charge is 0.167 e. The number of carbonyl (C=O) groups is 1. The summed E-state index contributed by atoms with van der Waals surface area (Å²) in [7, 11) is 0. The number of halogens is 2. The molecule has 1 aromatic heterocycles. The molecular weight excluding hydrogens is 209 g/mol. The van der Waals surface area contributed by atoms with E-state index in [-0.39, 0.29) is 21.9 Å². The SMILES string of the molecule is O=C(c1ccnc(Cl)c1Cl)C1CC1. The van der Waals surface area contributed by atoms with Crippen molar-refractivity contribution in [3.8, 4) is 0 Å². The molecule has 13 heavy (non-hydrogen) atoms. The normalized spacial score (nSPS) is 15.8. The van der Waals surface area contributed by atoms with Crippen LogP contribution in [0.25, 0.3) is 0 Å². The van der Waals surface area contributed by atoms with Crippen LogP contribution in [-0.2, 0) is 0 Å². The van der Waals surface area contributed by atoms with Crippen molar-refractivity contribution in [2.75, 3.05) is 0 Å². The third-order valence-electron chi connectivity index (χ3n) is 2.06. The lowest BCUT2D eigenvalue weighted by molar-refractivity contribution is 0.0967. The molecule has 0 aliphatic heterocycles. The summed E-state index contributed by atoms with van der Waals surface area (Å²) >= 11 is 11.5. The molecule has 2 nitrogen and oxygen atoms in total. The quantitative estimate of drug-likeness (QED) is 0.561. The van der Waals surface area contributed by atoms with Gasteiger partial charge in [0, 0.05) is 17.7 Å². The standard InChI is InChI=1S/C9H7Cl2NO/c10-7-6(3-4-12-9(7)11)8(13)5-1-2-5/h3-5H,1-2H2. The highest BCUT2D eigenvalue weighted by atomic mass is 35.5. The zero-order chi connectivity index (χ0) is 9.42. The average Bonchev–Trinajstić information content (AvgIpc) is 2.91. The molecular formula is C9H7Cl2NO. The van der Waals surface area contributed by atoms with E-state index in [1.807, 2.05) is 0 Å². The molecule has 68 valence electrons. The van der Waals surface area contributed by atoms with Gasteiger partial charge >= 0.3 is 0 Å². The number of pyridine rings is 1. The lowest BCUT2D eigenvalue weighted by Gasteiger charge is -2.01. The van der Waals surface area contributed by atoms with E-state index in [0.29, 0.717) is 5.56 Å². The first-order chi connectivity index (χ1) is 6.20. The van der Waals surface area contributed by atoms with Crippen molar-refractivity contribution < 1.29 is 4.79 Å². The molecule has 0 spiro atoms. The minimum atomic E-state index is 0.0919. The number of ketones is 1. The zero-order valence-corrected chi connectivity index (χ0v) is 8.27. The molecule has 1 saturated carbocycles. The number of carbonyl (C=O) groups excluding carboxylic acids is 1. The Hall–Kier alpha value is -0.600. The largest absolute Gasteiger partial charge is 0.294 e. The lowest BCUT2D eigenvalue weighted by atomic mass is 10.1. The van der Waals surface area contributed by atoms with E-state index in [0.717, 1.165) is 12.8 Å². The van der Waals surface area contributed by atoms with Crippen molar-refractivity contribution >= 4 is 29.0 Å². The van der Waals surface area contributed by atoms with Gasteiger partial charge in [-0.25, -0.2) is 4.98 Å². The van der Waals surface area contributed by atoms with Crippen LogP contribution in [0, 0.1) is 5.92 Å². The first-order valence-electron chi connectivity index (χ1n) is 4.04. The van der Waals surface area contributed by atoms with Crippen molar-refractivity contribution in [2.45, 2.75) is 12.8 Å². The molecule has 4 heteroatoms. The maximum absolute atomic E-state index is 11.6. The summed E-state index contributed by atoms with van der Waals surface area (Å²) in [5.41, 5.74) is 0.504. The van der Waals surface area contributed by atoms with Crippen LogP contribution in [0.4, 0.5) is 0 Å². The molecule has 1 aliphatic carbocycles. The number of Topliss-reactive ketones (excluding diaryl/α,β-unsaturated/α-hetero) is 1. The maximum atomic E-state index is 11.6. The molecule has 0 N–H and O–H groups in total. The van der Waals surface area contributed by atoms with Crippen LogP contribution < -0.4 is 0 Å². The highest BCUT2D eigenvalue weighted by Crippen LogP contribution is 2.35. The van der Waals surface area contributed by atoms with Crippen LogP contribution in [-0.4, -0.2) is 10.8 Å². The van der Waals surface area contributed by atoms with Crippen LogP contribution in [0.3, 0.4) is 0 Å². The number of rotatable bonds is 2. The molecule has 1 fully saturated rings. The summed E-state index contributed by atoms with van der Waals surface area (Å²) in [6.07, 6.45) is 3.44. The van der Waals surface area contributed by atoms with Crippen molar-refractivity contribution in [1.29, 1.82) is 0 Å². The molecule has 1 aliphatic rings. The van der Waals surface area contributed by atoms with Gasteiger partial charge < -0.3 is 0 Å². The number of hydrogen-bond donors (Lipinski definition) is 0. The Morgan fingerprint density at radius 1 is 1.46 bits per heavy atom. The minimum absolute atomic E-state index is 0.0919. The van der Waals surface area contributed by atoms with E-state index in [9.17, 15) is 4.79 Å². The Balaban J connectivity index is 2.38. The Morgan fingerprint density at radius 2 is 2.15 bits per heavy atom. The Labute approximate surface area is 85.9 Å². The van der Waals surface area contributed by atoms with Crippen LogP contribution in [0.2, 0.25) is 10.2 Å². The van der Waals surface area contributed by atoms with Crippen molar-refractivity contribution in [3.63, 3.8) is 0 Å². The fraction of sp³-hybridized carbons (Fsp3) is 0.333. The molecule has 0 amide bonds. The van der Waals surface area contributed by atoms with Crippen molar-refractivity contribution in [3.05, 3.63) is 28.0 Å². The summed E-state index contributed by atoms with van der Waals surface area (Å²) in [5, 5.41) is 0.481. The fourth-order valence-electron chi connectivity index (χ4n) is 1.17. The van der Waals surface area contributed by atoms with E-state index in [4.69, 9.17) is 23.2 Å². The van der Waals surface area contributed by atoms with Crippen LogP contribution >= 0.6 is 23.2 Å². The highest BCUT2D eigenvalue weighted by Gasteiger charge is 2.31. The molecule has 1 aromatic rings. The fourth-order valence-corrected chi connectivity index (χ4v) is 1.54. The number of nitrogens with zero attached hydrogens (tertiary/aromatic N) is 1. The first-order valence-corrected chi connectivity index (χ1v) is 4.80. The summed E-state index contributed by atoms with van der Waals surface area (Å²) in [6.45, 7) is 0. The topological polar surface area (TPSA) is 30.0 Å². The summed E-state index contributed by atoms with van der Waals surface area (Å²) in [6, 6.07) is 1.62. The van der Waals surface area contributed by atoms with Gasteiger partial charge in [0.25, 0.3) is 0 Å². The Kier molecular flexibility index (Phi) is 2.26. The van der Waals surface area contributed by atoms with E-state index in [1.165, 1.54) is 6.20 Å². The summed E-state index contributed by atoms with van der Waals surface area (Å²) < 4.78 is 0. The van der Waals surface area contributed by atoms with E-state index < -0.39 is 0 Å². The van der Waals surface area contributed by atoms with E-state index >= 15 is 0 Å². The molecule has 2 rings (SSSR count). The summed E-state index contributed by atoms with van der Waals surface area (Å²) in [4.78, 5) is 15.4. The molecule has 0 aromatic carbocycles. The number of hydrogen-bond acceptors (Lipinski definition) is 2. The van der Waals surface area contributed by atoms with Crippen LogP contribution in [0.1, 0.15) is 23.2 Å². The van der Waals surface area contributed by atoms with E-state index in [1.54, 1.807) is 6.07 Å². The van der Waals surface area contributed by atoms with Gasteiger partial charge in [-0.05, 0) is 18.9 Å². The van der Waals surface area contributed by atoms with Gasteiger partial charge in [0.1, 0.15) is 5.15 Å². The Bertz CT molecular complexity index is 361. The second-order valence-electron chi connectivity index (χ2n) is 3.10. The van der Waals surface area contributed by atoms with Gasteiger partial charge in [0.2, 0.25) is 0 Å². The molecule has 1 heterocycles. The number of aromatic nitrogens is 1. The molecule has 0 atom stereocenters. The van der Waals surface area contributed by atoms with Gasteiger partial charge in [-0.15, -0.1) is 0 Å². The molecule has 0 radical (unpaired) electrons. The predicted molar refractivity (Wildman–Crippen MR) is 51.3 cm³/mol. The molecule has 0 bridgehead atoms. The van der Waals surface area contributed by atoms with Gasteiger partial charge in [0.05, 0.1) is 5.02 Å². The third-order valence-corrected chi connectivity index (χ3v) is 2.83. The molecule has 0 saturated heterocycles. The van der Waals surface area contributed by atoms with Gasteiger partial charge in [-0.3, -0.25) is 4.79 Å². The maximum Gasteiger partial charge on any atom is 0.167 e. The molecule has 0 unspecified atom stereocenters. The van der Waals surface area contributed by atoms with Crippen molar-refractivity contribution in [1.82, 2.24) is 4.98 Å². The van der Waals surface area contributed by atoms with Gasteiger partial charge in [0.15, 0.2) is 5.78 Å². The monoisotopic (exact) mass is 215 g/mol. The van der Waals surface area contributed by atoms with Crippen molar-refractivity contribution in [2.24, 2.45) is 5.92 Å².